The Morgan fingerprint density at radius 2 is 1.85 bits per heavy atom. The highest BCUT2D eigenvalue weighted by Crippen LogP contribution is 2.17. The van der Waals surface area contributed by atoms with Gasteiger partial charge in [-0.3, -0.25) is 9.48 Å². The van der Waals surface area contributed by atoms with Crippen LogP contribution < -0.4 is 0 Å². The summed E-state index contributed by atoms with van der Waals surface area (Å²) in [6.07, 6.45) is 0.805. The number of rotatable bonds is 4. The molecule has 0 saturated heterocycles. The lowest BCUT2D eigenvalue weighted by molar-refractivity contribution is 0.0958. The van der Waals surface area contributed by atoms with Gasteiger partial charge in [-0.1, -0.05) is 13.0 Å². The summed E-state index contributed by atoms with van der Waals surface area (Å²) >= 11 is 0. The van der Waals surface area contributed by atoms with Crippen LogP contribution in [0.3, 0.4) is 0 Å². The van der Waals surface area contributed by atoms with Crippen molar-refractivity contribution in [1.29, 1.82) is 0 Å². The smallest absolute Gasteiger partial charge is 0.190 e. The number of carbonyl (C=O) groups is 1. The summed E-state index contributed by atoms with van der Waals surface area (Å²) in [4.78, 5) is 12.1. The van der Waals surface area contributed by atoms with Crippen LogP contribution in [0.25, 0.3) is 0 Å². The highest BCUT2D eigenvalue weighted by molar-refractivity contribution is 5.96. The van der Waals surface area contributed by atoms with Gasteiger partial charge in [0.05, 0.1) is 11.3 Å². The standard InChI is InChI=1S/C15H16F2N2O/c1-4-11-9(2)18-19(10(11)3)8-14(20)15-12(16)6-5-7-13(15)17/h5-7H,4,8H2,1-3H3. The SMILES string of the molecule is CCc1c(C)nn(CC(=O)c2c(F)cccc2F)c1C. The van der Waals surface area contributed by atoms with Gasteiger partial charge >= 0.3 is 0 Å². The van der Waals surface area contributed by atoms with Crippen molar-refractivity contribution in [2.24, 2.45) is 0 Å². The first-order valence-electron chi connectivity index (χ1n) is 6.45. The van der Waals surface area contributed by atoms with Crippen molar-refractivity contribution in [3.8, 4) is 0 Å². The van der Waals surface area contributed by atoms with Gasteiger partial charge in [-0.25, -0.2) is 8.78 Å². The summed E-state index contributed by atoms with van der Waals surface area (Å²) in [5.41, 5.74) is 2.26. The van der Waals surface area contributed by atoms with Gasteiger partial charge in [0.15, 0.2) is 5.78 Å². The maximum Gasteiger partial charge on any atom is 0.190 e. The zero-order valence-electron chi connectivity index (χ0n) is 11.7. The second-order valence-electron chi connectivity index (χ2n) is 4.68. The number of benzene rings is 1. The Hall–Kier alpha value is -2.04. The minimum Gasteiger partial charge on any atom is -0.292 e. The van der Waals surface area contributed by atoms with E-state index in [1.165, 1.54) is 10.7 Å². The molecule has 3 nitrogen and oxygen atoms in total. The Bertz CT molecular complexity index is 642. The Morgan fingerprint density at radius 3 is 2.35 bits per heavy atom. The number of ketones is 1. The number of hydrogen-bond acceptors (Lipinski definition) is 2. The third-order valence-electron chi connectivity index (χ3n) is 3.42. The molecule has 0 fully saturated rings. The van der Waals surface area contributed by atoms with E-state index in [-0.39, 0.29) is 6.54 Å². The molecule has 5 heteroatoms. The summed E-state index contributed by atoms with van der Waals surface area (Å²) < 4.78 is 28.6. The molecule has 0 bridgehead atoms. The normalized spacial score (nSPS) is 10.8. The molecule has 1 aromatic heterocycles. The number of aromatic nitrogens is 2. The number of carbonyl (C=O) groups excluding carboxylic acids is 1. The van der Waals surface area contributed by atoms with Crippen molar-refractivity contribution < 1.29 is 13.6 Å². The molecule has 0 N–H and O–H groups in total. The summed E-state index contributed by atoms with van der Waals surface area (Å²) in [5, 5.41) is 4.26. The van der Waals surface area contributed by atoms with Crippen molar-refractivity contribution in [2.75, 3.05) is 0 Å². The first kappa shape index (κ1) is 14.4. The molecule has 2 rings (SSSR count). The Labute approximate surface area is 116 Å². The van der Waals surface area contributed by atoms with E-state index in [9.17, 15) is 13.6 Å². The van der Waals surface area contributed by atoms with E-state index in [0.717, 1.165) is 35.5 Å². The quantitative estimate of drug-likeness (QED) is 0.805. The number of nitrogens with zero attached hydrogens (tertiary/aromatic N) is 2. The highest BCUT2D eigenvalue weighted by Gasteiger charge is 2.19. The average Bonchev–Trinajstić information content (AvgIpc) is 2.63. The minimum absolute atomic E-state index is 0.162. The van der Waals surface area contributed by atoms with Gasteiger partial charge in [0.2, 0.25) is 0 Å². The van der Waals surface area contributed by atoms with E-state index in [0.29, 0.717) is 0 Å². The third-order valence-corrected chi connectivity index (χ3v) is 3.42. The fourth-order valence-corrected chi connectivity index (χ4v) is 2.38. The van der Waals surface area contributed by atoms with Crippen LogP contribution in [-0.4, -0.2) is 15.6 Å². The largest absolute Gasteiger partial charge is 0.292 e. The average molecular weight is 278 g/mol. The molecule has 0 aliphatic heterocycles. The topological polar surface area (TPSA) is 34.9 Å². The van der Waals surface area contributed by atoms with Crippen LogP contribution in [-0.2, 0) is 13.0 Å². The molecule has 0 aliphatic rings. The lowest BCUT2D eigenvalue weighted by atomic mass is 10.1. The summed E-state index contributed by atoms with van der Waals surface area (Å²) in [7, 11) is 0. The maximum atomic E-state index is 13.6. The molecule has 0 saturated carbocycles. The van der Waals surface area contributed by atoms with Crippen molar-refractivity contribution in [3.63, 3.8) is 0 Å². The Balaban J connectivity index is 2.33. The molecule has 0 aliphatic carbocycles. The molecule has 1 aromatic carbocycles. The van der Waals surface area contributed by atoms with Gasteiger partial charge in [0.1, 0.15) is 18.2 Å². The first-order valence-corrected chi connectivity index (χ1v) is 6.45. The molecular weight excluding hydrogens is 262 g/mol. The van der Waals surface area contributed by atoms with Crippen LogP contribution in [0, 0.1) is 25.5 Å². The molecule has 0 atom stereocenters. The molecule has 20 heavy (non-hydrogen) atoms. The first-order chi connectivity index (χ1) is 9.45. The van der Waals surface area contributed by atoms with Gasteiger partial charge in [0.25, 0.3) is 0 Å². The second kappa shape index (κ2) is 5.53. The predicted molar refractivity (Wildman–Crippen MR) is 71.8 cm³/mol. The maximum absolute atomic E-state index is 13.6. The zero-order valence-corrected chi connectivity index (χ0v) is 11.7. The molecule has 106 valence electrons. The van der Waals surface area contributed by atoms with Crippen LogP contribution in [0.1, 0.15) is 34.2 Å². The van der Waals surface area contributed by atoms with Crippen molar-refractivity contribution in [1.82, 2.24) is 9.78 Å². The molecule has 2 aromatic rings. The molecule has 0 spiro atoms. The van der Waals surface area contributed by atoms with Crippen LogP contribution in [0.2, 0.25) is 0 Å². The Kier molecular flexibility index (Phi) is 3.97. The van der Waals surface area contributed by atoms with E-state index < -0.39 is 23.0 Å². The summed E-state index contributed by atoms with van der Waals surface area (Å²) in [6.45, 7) is 5.55. The van der Waals surface area contributed by atoms with Crippen LogP contribution in [0.4, 0.5) is 8.78 Å². The fraction of sp³-hybridized carbons (Fsp3) is 0.333. The number of aryl methyl sites for hydroxylation is 1. The number of halogens is 2. The van der Waals surface area contributed by atoms with Crippen LogP contribution >= 0.6 is 0 Å². The van der Waals surface area contributed by atoms with E-state index in [1.54, 1.807) is 0 Å². The van der Waals surface area contributed by atoms with Crippen LogP contribution in [0.15, 0.2) is 18.2 Å². The second-order valence-corrected chi connectivity index (χ2v) is 4.68. The van der Waals surface area contributed by atoms with Gasteiger partial charge < -0.3 is 0 Å². The number of hydrogen-bond donors (Lipinski definition) is 0. The Morgan fingerprint density at radius 1 is 1.25 bits per heavy atom. The van der Waals surface area contributed by atoms with Gasteiger partial charge in [-0.05, 0) is 38.0 Å². The van der Waals surface area contributed by atoms with E-state index in [2.05, 4.69) is 5.10 Å². The lowest BCUT2D eigenvalue weighted by Gasteiger charge is -2.06. The molecular formula is C15H16F2N2O. The van der Waals surface area contributed by atoms with Crippen molar-refractivity contribution >= 4 is 5.78 Å². The van der Waals surface area contributed by atoms with E-state index in [4.69, 9.17) is 0 Å². The molecule has 0 unspecified atom stereocenters. The van der Waals surface area contributed by atoms with Crippen LogP contribution in [0.5, 0.6) is 0 Å². The monoisotopic (exact) mass is 278 g/mol. The minimum atomic E-state index is -0.841. The van der Waals surface area contributed by atoms with Crippen molar-refractivity contribution in [2.45, 2.75) is 33.7 Å². The highest BCUT2D eigenvalue weighted by atomic mass is 19.1. The van der Waals surface area contributed by atoms with Gasteiger partial charge in [0, 0.05) is 5.69 Å². The van der Waals surface area contributed by atoms with Gasteiger partial charge in [-0.2, -0.15) is 5.10 Å². The number of Topliss-reactive ketones (excluding diaryl/α,β-unsaturated/α-hetero) is 1. The third kappa shape index (κ3) is 2.48. The van der Waals surface area contributed by atoms with Gasteiger partial charge in [-0.15, -0.1) is 0 Å². The van der Waals surface area contributed by atoms with E-state index >= 15 is 0 Å². The molecule has 0 radical (unpaired) electrons. The van der Waals surface area contributed by atoms with E-state index in [1.807, 2.05) is 20.8 Å². The molecule has 1 heterocycles. The van der Waals surface area contributed by atoms with Crippen molar-refractivity contribution in [3.05, 3.63) is 52.3 Å². The lowest BCUT2D eigenvalue weighted by Crippen LogP contribution is -2.16. The summed E-state index contributed by atoms with van der Waals surface area (Å²) in [5.74, 6) is -2.30. The molecule has 0 amide bonds. The zero-order chi connectivity index (χ0) is 14.9. The predicted octanol–water partition coefficient (Wildman–Crippen LogP) is 3.22. The fourth-order valence-electron chi connectivity index (χ4n) is 2.38. The summed E-state index contributed by atoms with van der Waals surface area (Å²) in [6, 6.07) is 3.39.